The number of fused-ring (bicyclic) bond motifs is 15. The highest BCUT2D eigenvalue weighted by Gasteiger charge is 2.56. The summed E-state index contributed by atoms with van der Waals surface area (Å²) < 4.78 is 33.9. The lowest BCUT2D eigenvalue weighted by Crippen LogP contribution is -2.48. The molecule has 5 aromatic rings. The predicted molar refractivity (Wildman–Crippen MR) is 416 cm³/mol. The van der Waals surface area contributed by atoms with E-state index in [9.17, 15) is 29.1 Å². The second-order valence-electron chi connectivity index (χ2n) is 32.6. The standard InChI is InChI=1S/C19H26N2O4.C18H26N2O3.2C16H21ClN2O2.C14H16Cl2N2O/c1-5-24-17-13-7-8-14-11(3)15(23)12(10-22)9-19(14,4)16(13)20-18(21-17)25-6-2;1-5-22-16-12-7-8-13-11(3)14(21)9-10-18(13,4)15(12)19-17(20-16)23-6-2;2*1-4-21-14-10-5-6-11-9(2)12(20)7-8-16(11,3)13(10)18-15(17)19-14;1-7-9-4-3-8-11(17-13(16)18-12(8)15)14(9,2)6-5-10(7)19/h10-11,14,22H,5-9H2,1-4H3;11,13H,5-10H2,1-4H3;2*9,11H,4-8H2,1-3H3;7,9H,3-6H2,1-2H3/b12-10-;;;;/t11-,14-,19-;11-,13-,18-;2*9-,11-,16-;7-,9-,14-/m00000/s1. The van der Waals surface area contributed by atoms with Gasteiger partial charge in [-0.15, -0.1) is 0 Å². The Balaban J connectivity index is 0.000000136. The zero-order chi connectivity index (χ0) is 79.0. The number of aromatic nitrogens is 10. The molecule has 5 heterocycles. The van der Waals surface area contributed by atoms with E-state index in [4.69, 9.17) is 84.8 Å². The van der Waals surface area contributed by atoms with Crippen molar-refractivity contribution in [2.24, 2.45) is 59.2 Å². The van der Waals surface area contributed by atoms with Gasteiger partial charge in [0.2, 0.25) is 39.4 Å². The highest BCUT2D eigenvalue weighted by Crippen LogP contribution is 2.58. The van der Waals surface area contributed by atoms with Crippen molar-refractivity contribution in [3.8, 4) is 35.5 Å². The number of nitrogens with zero attached hydrogens (tertiary/aromatic N) is 10. The number of hydrogen-bond acceptors (Lipinski definition) is 22. The van der Waals surface area contributed by atoms with Crippen LogP contribution in [-0.4, -0.2) is 124 Å². The van der Waals surface area contributed by atoms with Crippen LogP contribution in [0, 0.1) is 59.2 Å². The van der Waals surface area contributed by atoms with Crippen LogP contribution in [0.25, 0.3) is 0 Å². The second kappa shape index (κ2) is 33.9. The van der Waals surface area contributed by atoms with E-state index in [2.05, 4.69) is 95.3 Å². The van der Waals surface area contributed by atoms with Gasteiger partial charge in [0.25, 0.3) is 0 Å². The quantitative estimate of drug-likeness (QED) is 0.0525. The van der Waals surface area contributed by atoms with Crippen LogP contribution in [0.15, 0.2) is 11.8 Å². The van der Waals surface area contributed by atoms with Crippen molar-refractivity contribution in [1.82, 2.24) is 49.8 Å². The summed E-state index contributed by atoms with van der Waals surface area (Å²) in [4.78, 5) is 105. The van der Waals surface area contributed by atoms with Crippen molar-refractivity contribution >= 4 is 75.3 Å². The van der Waals surface area contributed by atoms with Gasteiger partial charge in [-0.3, -0.25) is 24.0 Å². The van der Waals surface area contributed by atoms with E-state index in [1.807, 2.05) is 55.4 Å². The predicted octanol–water partition coefficient (Wildman–Crippen LogP) is 16.5. The summed E-state index contributed by atoms with van der Waals surface area (Å²) in [6.07, 6.45) is 16.3. The van der Waals surface area contributed by atoms with Crippen LogP contribution >= 0.6 is 46.4 Å². The molecule has 1 N–H and O–H groups in total. The molecule has 22 nitrogen and oxygen atoms in total. The fourth-order valence-electron chi connectivity index (χ4n) is 20.9. The Morgan fingerprint density at radius 2 is 0.615 bits per heavy atom. The molecule has 0 aromatic carbocycles. The van der Waals surface area contributed by atoms with E-state index < -0.39 is 0 Å². The molecular weight excluding hydrogens is 1470 g/mol. The fraction of sp³-hybridized carbons (Fsp3) is 0.675. The number of halogens is 4. The summed E-state index contributed by atoms with van der Waals surface area (Å²) >= 11 is 24.4. The van der Waals surface area contributed by atoms with Crippen LogP contribution in [0.2, 0.25) is 21.0 Å². The van der Waals surface area contributed by atoms with Gasteiger partial charge >= 0.3 is 12.0 Å². The lowest BCUT2D eigenvalue weighted by Gasteiger charge is -2.48. The summed E-state index contributed by atoms with van der Waals surface area (Å²) in [5, 5.41) is 10.7. The normalized spacial score (nSPS) is 31.2. The van der Waals surface area contributed by atoms with E-state index >= 15 is 0 Å². The van der Waals surface area contributed by atoms with Crippen molar-refractivity contribution in [3.05, 3.63) is 89.1 Å². The average Bonchev–Trinajstić information content (AvgIpc) is 0.747. The summed E-state index contributed by atoms with van der Waals surface area (Å²) in [5.74, 6) is 5.82. The molecule has 0 aliphatic heterocycles. The van der Waals surface area contributed by atoms with Gasteiger partial charge in [0, 0.05) is 116 Å². The number of carbonyl (C=O) groups is 5. The smallest absolute Gasteiger partial charge is 0.319 e. The Bertz CT molecular complexity index is 4220. The SMILES string of the molecule is CCOc1nc(Cl)nc2c1CC[C@H]1[C@H](C)C(=O)CC[C@]21C.CCOc1nc(Cl)nc2c1CC[C@H]1[C@H](C)C(=O)CC[C@]21C.CCOc1nc(OCC)c2c(n1)[C@@]1(C)C/C(=C/O)C(=O)[C@@H](C)[C@@H]1CC2.CCOc1nc(OCC)c2c(n1)[C@@]1(C)CCC(=O)[C@@H](C)[C@@H]1CC2.C[C@@H]1C(=O)CC[C@]2(C)c3nc(Cl)nc(Cl)c3CC[C@@H]12. The summed E-state index contributed by atoms with van der Waals surface area (Å²) in [6, 6.07) is 0.701. The van der Waals surface area contributed by atoms with Crippen LogP contribution in [0.3, 0.4) is 0 Å². The molecule has 0 radical (unpaired) electrons. The van der Waals surface area contributed by atoms with Gasteiger partial charge < -0.3 is 33.5 Å². The number of hydrogen-bond donors (Lipinski definition) is 1. The third kappa shape index (κ3) is 15.8. The number of aliphatic hydroxyl groups excluding tert-OH is 1. The molecule has 15 atom stereocenters. The minimum Gasteiger partial charge on any atom is -0.515 e. The third-order valence-electron chi connectivity index (χ3n) is 26.8. The number of ketones is 5. The fourth-order valence-corrected chi connectivity index (χ4v) is 21.7. The maximum Gasteiger partial charge on any atom is 0.319 e. The molecule has 10 aliphatic rings. The van der Waals surface area contributed by atoms with Gasteiger partial charge in [0.05, 0.1) is 74.4 Å². The Morgan fingerprint density at radius 3 is 0.927 bits per heavy atom. The van der Waals surface area contributed by atoms with E-state index in [1.54, 1.807) is 0 Å². The molecule has 26 heteroatoms. The van der Waals surface area contributed by atoms with E-state index in [-0.39, 0.29) is 84.2 Å². The first-order chi connectivity index (χ1) is 51.8. The van der Waals surface area contributed by atoms with Gasteiger partial charge in [-0.05, 0) is 202 Å². The number of rotatable bonds is 12. The maximum atomic E-state index is 12.5. The molecule has 5 aromatic heterocycles. The number of aliphatic hydroxyl groups is 1. The first kappa shape index (κ1) is 83.2. The highest BCUT2D eigenvalue weighted by molar-refractivity contribution is 6.32. The van der Waals surface area contributed by atoms with Crippen molar-refractivity contribution in [2.75, 3.05) is 39.6 Å². The summed E-state index contributed by atoms with van der Waals surface area (Å²) in [6.45, 7) is 36.0. The first-order valence-electron chi connectivity index (χ1n) is 39.8. The van der Waals surface area contributed by atoms with Crippen LogP contribution in [-0.2, 0) is 83.2 Å². The Labute approximate surface area is 662 Å². The number of carbonyl (C=O) groups excluding carboxylic acids is 5. The van der Waals surface area contributed by atoms with Gasteiger partial charge in [-0.2, -0.15) is 29.9 Å². The van der Waals surface area contributed by atoms with Crippen molar-refractivity contribution in [2.45, 2.75) is 260 Å². The lowest BCUT2D eigenvalue weighted by atomic mass is 9.55. The Morgan fingerprint density at radius 1 is 0.349 bits per heavy atom. The minimum absolute atomic E-state index is 0.0394. The molecular formula is C83H110Cl4N10O12. The number of allylic oxidation sites excluding steroid dienone is 1. The van der Waals surface area contributed by atoms with Gasteiger partial charge in [0.1, 0.15) is 28.3 Å². The van der Waals surface area contributed by atoms with Crippen LogP contribution in [0.1, 0.15) is 257 Å². The molecule has 0 saturated heterocycles. The molecule has 5 saturated carbocycles. The number of ether oxygens (including phenoxy) is 6. The van der Waals surface area contributed by atoms with Crippen molar-refractivity contribution < 1.29 is 57.5 Å². The molecule has 0 bridgehead atoms. The molecule has 15 rings (SSSR count). The van der Waals surface area contributed by atoms with Gasteiger partial charge in [0.15, 0.2) is 5.78 Å². The minimum atomic E-state index is -0.351. The monoisotopic (exact) mass is 1580 g/mol. The van der Waals surface area contributed by atoms with Crippen LogP contribution in [0.5, 0.6) is 35.5 Å². The molecule has 0 amide bonds. The Kier molecular flexibility index (Phi) is 25.9. The van der Waals surface area contributed by atoms with Crippen LogP contribution in [0.4, 0.5) is 0 Å². The topological polar surface area (TPSA) is 290 Å². The Hall–Kier alpha value is -6.75. The summed E-state index contributed by atoms with van der Waals surface area (Å²) in [5.41, 5.74) is 9.92. The summed E-state index contributed by atoms with van der Waals surface area (Å²) in [7, 11) is 0. The zero-order valence-corrected chi connectivity index (χ0v) is 69.5. The third-order valence-corrected chi connectivity index (χ3v) is 27.6. The van der Waals surface area contributed by atoms with E-state index in [0.717, 1.165) is 152 Å². The molecule has 10 aliphatic carbocycles. The molecule has 0 spiro atoms. The van der Waals surface area contributed by atoms with Crippen LogP contribution < -0.4 is 28.4 Å². The molecule has 109 heavy (non-hydrogen) atoms. The second-order valence-corrected chi connectivity index (χ2v) is 33.9. The largest absolute Gasteiger partial charge is 0.515 e. The van der Waals surface area contributed by atoms with Crippen molar-refractivity contribution in [3.63, 3.8) is 0 Å². The van der Waals surface area contributed by atoms with E-state index in [1.165, 1.54) is 0 Å². The first-order valence-corrected chi connectivity index (χ1v) is 41.3. The maximum absolute atomic E-state index is 12.5. The van der Waals surface area contributed by atoms with Crippen molar-refractivity contribution in [1.29, 1.82) is 0 Å². The van der Waals surface area contributed by atoms with E-state index in [0.29, 0.717) is 165 Å². The molecule has 0 unspecified atom stereocenters. The zero-order valence-electron chi connectivity index (χ0n) is 66.5. The lowest BCUT2D eigenvalue weighted by molar-refractivity contribution is -0.129. The highest BCUT2D eigenvalue weighted by atomic mass is 35.5. The van der Waals surface area contributed by atoms with Gasteiger partial charge in [-0.25, -0.2) is 19.9 Å². The number of Topliss-reactive ketones (excluding diaryl/α,β-unsaturated/α-hetero) is 5. The van der Waals surface area contributed by atoms with Gasteiger partial charge in [-0.1, -0.05) is 80.8 Å². The molecule has 5 fully saturated rings. The molecule has 592 valence electrons. The average molecular weight is 1580 g/mol.